The van der Waals surface area contributed by atoms with Crippen molar-refractivity contribution in [3.63, 3.8) is 0 Å². The summed E-state index contributed by atoms with van der Waals surface area (Å²) in [5.41, 5.74) is 4.83. The topological polar surface area (TPSA) is 87.8 Å². The molecular weight excluding hydrogens is 202 g/mol. The number of methoxy groups -OCH3 is 1. The van der Waals surface area contributed by atoms with Crippen LogP contribution in [-0.2, 0) is 9.78 Å². The number of primary amides is 1. The number of nitrogens with two attached hydrogens (primary N) is 1. The van der Waals surface area contributed by atoms with E-state index in [9.17, 15) is 9.59 Å². The first-order valence-electron chi connectivity index (χ1n) is 3.96. The summed E-state index contributed by atoms with van der Waals surface area (Å²) < 4.78 is 4.89. The number of ether oxygens (including phenoxy) is 1. The monoisotopic (exact) mass is 211 g/mol. The lowest BCUT2D eigenvalue weighted by molar-refractivity contribution is -0.180. The predicted molar refractivity (Wildman–Crippen MR) is 49.1 cm³/mol. The van der Waals surface area contributed by atoms with Crippen molar-refractivity contribution in [2.75, 3.05) is 7.11 Å². The van der Waals surface area contributed by atoms with Crippen LogP contribution in [0.4, 0.5) is 4.79 Å². The highest BCUT2D eigenvalue weighted by Gasteiger charge is 2.09. The molecule has 0 radical (unpaired) electrons. The van der Waals surface area contributed by atoms with Gasteiger partial charge in [-0.25, -0.2) is 19.4 Å². The lowest BCUT2D eigenvalue weighted by Crippen LogP contribution is -2.16. The second kappa shape index (κ2) is 4.85. The zero-order valence-electron chi connectivity index (χ0n) is 7.93. The lowest BCUT2D eigenvalue weighted by atomic mass is 10.2. The van der Waals surface area contributed by atoms with Gasteiger partial charge in [0.2, 0.25) is 0 Å². The number of hydrogen-bond acceptors (Lipinski definition) is 5. The van der Waals surface area contributed by atoms with E-state index in [4.69, 9.17) is 4.74 Å². The van der Waals surface area contributed by atoms with Gasteiger partial charge in [-0.3, -0.25) is 0 Å². The SMILES string of the molecule is COc1ccc(C(=O)OOC(N)=O)cc1. The highest BCUT2D eigenvalue weighted by Crippen LogP contribution is 2.11. The van der Waals surface area contributed by atoms with Crippen LogP contribution in [-0.4, -0.2) is 19.2 Å². The van der Waals surface area contributed by atoms with Gasteiger partial charge in [0.15, 0.2) is 0 Å². The van der Waals surface area contributed by atoms with Crippen molar-refractivity contribution in [1.82, 2.24) is 0 Å². The molecule has 0 aromatic heterocycles. The highest BCUT2D eigenvalue weighted by atomic mass is 17.2. The van der Waals surface area contributed by atoms with Gasteiger partial charge in [0.1, 0.15) is 5.75 Å². The standard InChI is InChI=1S/C9H9NO5/c1-13-7-4-2-6(3-5-7)8(11)14-15-9(10)12/h2-5H,1H3,(H2,10,12). The molecule has 0 aliphatic carbocycles. The molecule has 1 rings (SSSR count). The molecule has 0 aliphatic rings. The summed E-state index contributed by atoms with van der Waals surface area (Å²) in [6.45, 7) is 0. The first-order valence-corrected chi connectivity index (χ1v) is 3.96. The Morgan fingerprint density at radius 3 is 2.20 bits per heavy atom. The van der Waals surface area contributed by atoms with Crippen LogP contribution >= 0.6 is 0 Å². The third-order valence-corrected chi connectivity index (χ3v) is 1.53. The van der Waals surface area contributed by atoms with Crippen LogP contribution in [0.15, 0.2) is 24.3 Å². The van der Waals surface area contributed by atoms with Gasteiger partial charge >= 0.3 is 12.1 Å². The van der Waals surface area contributed by atoms with Crippen LogP contribution in [0.2, 0.25) is 0 Å². The summed E-state index contributed by atoms with van der Waals surface area (Å²) in [7, 11) is 1.50. The lowest BCUT2D eigenvalue weighted by Gasteiger charge is -2.02. The van der Waals surface area contributed by atoms with Crippen molar-refractivity contribution in [1.29, 1.82) is 0 Å². The molecule has 80 valence electrons. The Kier molecular flexibility index (Phi) is 3.50. The Bertz CT molecular complexity index is 359. The van der Waals surface area contributed by atoms with Gasteiger partial charge in [-0.1, -0.05) is 0 Å². The summed E-state index contributed by atoms with van der Waals surface area (Å²) in [6, 6.07) is 6.07. The van der Waals surface area contributed by atoms with Crippen molar-refractivity contribution < 1.29 is 24.1 Å². The summed E-state index contributed by atoms with van der Waals surface area (Å²) in [4.78, 5) is 29.3. The number of amides is 1. The van der Waals surface area contributed by atoms with Gasteiger partial charge in [-0.15, -0.1) is 0 Å². The van der Waals surface area contributed by atoms with E-state index >= 15 is 0 Å². The van der Waals surface area contributed by atoms with Crippen molar-refractivity contribution in [2.45, 2.75) is 0 Å². The average Bonchev–Trinajstić information content (AvgIpc) is 2.26. The molecule has 0 atom stereocenters. The Morgan fingerprint density at radius 1 is 1.13 bits per heavy atom. The summed E-state index contributed by atoms with van der Waals surface area (Å²) in [5, 5.41) is 0. The van der Waals surface area contributed by atoms with Crippen LogP contribution in [0.1, 0.15) is 10.4 Å². The van der Waals surface area contributed by atoms with E-state index in [1.807, 2.05) is 0 Å². The molecular formula is C9H9NO5. The minimum atomic E-state index is -1.18. The number of benzene rings is 1. The summed E-state index contributed by atoms with van der Waals surface area (Å²) >= 11 is 0. The normalized spacial score (nSPS) is 9.13. The smallest absolute Gasteiger partial charge is 0.447 e. The molecule has 6 heteroatoms. The Hall–Kier alpha value is -2.24. The van der Waals surface area contributed by atoms with Crippen molar-refractivity contribution >= 4 is 12.1 Å². The molecule has 1 aromatic rings. The summed E-state index contributed by atoms with van der Waals surface area (Å²) in [5.74, 6) is -0.209. The van der Waals surface area contributed by atoms with Crippen molar-refractivity contribution in [3.8, 4) is 5.75 Å². The molecule has 0 fully saturated rings. The largest absolute Gasteiger partial charge is 0.497 e. The van der Waals surface area contributed by atoms with Crippen LogP contribution in [0.3, 0.4) is 0 Å². The molecule has 0 aliphatic heterocycles. The van der Waals surface area contributed by atoms with Gasteiger partial charge in [-0.2, -0.15) is 0 Å². The van der Waals surface area contributed by atoms with Gasteiger partial charge in [-0.05, 0) is 24.3 Å². The van der Waals surface area contributed by atoms with Gasteiger partial charge in [0.05, 0.1) is 12.7 Å². The fourth-order valence-corrected chi connectivity index (χ4v) is 0.854. The minimum Gasteiger partial charge on any atom is -0.497 e. The number of carbonyl (C=O) groups excluding carboxylic acids is 2. The second-order valence-corrected chi connectivity index (χ2v) is 2.50. The Morgan fingerprint density at radius 2 is 1.73 bits per heavy atom. The first-order chi connectivity index (χ1) is 7.13. The maximum absolute atomic E-state index is 11.2. The number of hydrogen-bond donors (Lipinski definition) is 1. The van der Waals surface area contributed by atoms with E-state index in [0.29, 0.717) is 5.75 Å². The Labute approximate surface area is 85.5 Å². The molecule has 0 spiro atoms. The predicted octanol–water partition coefficient (Wildman–Crippen LogP) is 0.862. The quantitative estimate of drug-likeness (QED) is 0.579. The van der Waals surface area contributed by atoms with E-state index in [0.717, 1.165) is 0 Å². The number of carbonyl (C=O) groups is 2. The molecule has 0 saturated heterocycles. The van der Waals surface area contributed by atoms with Crippen molar-refractivity contribution in [3.05, 3.63) is 29.8 Å². The van der Waals surface area contributed by atoms with Crippen molar-refractivity contribution in [2.24, 2.45) is 5.73 Å². The van der Waals surface area contributed by atoms with E-state index in [1.165, 1.54) is 19.2 Å². The third kappa shape index (κ3) is 3.18. The fraction of sp³-hybridized carbons (Fsp3) is 0.111. The molecule has 1 amide bonds. The number of rotatable bonds is 2. The molecule has 6 nitrogen and oxygen atoms in total. The van der Waals surface area contributed by atoms with Crippen LogP contribution in [0, 0.1) is 0 Å². The molecule has 0 unspecified atom stereocenters. The zero-order chi connectivity index (χ0) is 11.3. The average molecular weight is 211 g/mol. The van der Waals surface area contributed by atoms with Gasteiger partial charge in [0, 0.05) is 0 Å². The van der Waals surface area contributed by atoms with E-state index in [2.05, 4.69) is 15.5 Å². The summed E-state index contributed by atoms with van der Waals surface area (Å²) in [6.07, 6.45) is -1.18. The van der Waals surface area contributed by atoms with E-state index in [-0.39, 0.29) is 5.56 Å². The molecule has 2 N–H and O–H groups in total. The van der Waals surface area contributed by atoms with E-state index in [1.54, 1.807) is 12.1 Å². The van der Waals surface area contributed by atoms with E-state index < -0.39 is 12.1 Å². The van der Waals surface area contributed by atoms with Crippen LogP contribution in [0.25, 0.3) is 0 Å². The van der Waals surface area contributed by atoms with Gasteiger partial charge in [0.25, 0.3) is 0 Å². The van der Waals surface area contributed by atoms with Gasteiger partial charge < -0.3 is 10.5 Å². The fourth-order valence-electron chi connectivity index (χ4n) is 0.854. The second-order valence-electron chi connectivity index (χ2n) is 2.50. The molecule has 0 saturated carbocycles. The van der Waals surface area contributed by atoms with Crippen LogP contribution in [0.5, 0.6) is 5.75 Å². The molecule has 1 aromatic carbocycles. The molecule has 0 bridgehead atoms. The highest BCUT2D eigenvalue weighted by molar-refractivity contribution is 5.89. The molecule has 15 heavy (non-hydrogen) atoms. The third-order valence-electron chi connectivity index (χ3n) is 1.53. The zero-order valence-corrected chi connectivity index (χ0v) is 7.93. The first kappa shape index (κ1) is 10.8. The minimum absolute atomic E-state index is 0.219. The maximum Gasteiger partial charge on any atom is 0.447 e. The Balaban J connectivity index is 2.62. The van der Waals surface area contributed by atoms with Crippen LogP contribution < -0.4 is 10.5 Å². The molecule has 0 heterocycles. The maximum atomic E-state index is 11.2.